The first-order valence-electron chi connectivity index (χ1n) is 10.3. The third-order valence-corrected chi connectivity index (χ3v) is 6.46. The molecule has 1 aliphatic heterocycles. The van der Waals surface area contributed by atoms with Crippen LogP contribution in [0, 0.1) is 12.7 Å². The van der Waals surface area contributed by atoms with Crippen molar-refractivity contribution in [2.45, 2.75) is 25.1 Å². The number of nitrogens with one attached hydrogen (secondary N) is 1. The number of hydrogen-bond acceptors (Lipinski definition) is 4. The van der Waals surface area contributed by atoms with Gasteiger partial charge in [0, 0.05) is 17.1 Å². The van der Waals surface area contributed by atoms with Gasteiger partial charge in [-0.2, -0.15) is 0 Å². The van der Waals surface area contributed by atoms with Gasteiger partial charge in [0.2, 0.25) is 11.8 Å². The van der Waals surface area contributed by atoms with Crippen molar-refractivity contribution in [1.29, 1.82) is 0 Å². The molecule has 0 unspecified atom stereocenters. The maximum atomic E-state index is 13.3. The number of nitrogens with zero attached hydrogens (tertiary/aromatic N) is 2. The van der Waals surface area contributed by atoms with Gasteiger partial charge >= 0.3 is 0 Å². The van der Waals surface area contributed by atoms with Gasteiger partial charge in [0.05, 0.1) is 12.2 Å². The minimum absolute atomic E-state index is 0.0400. The molecule has 8 heteroatoms. The first-order valence-corrected chi connectivity index (χ1v) is 11.6. The number of benzene rings is 3. The van der Waals surface area contributed by atoms with Crippen LogP contribution in [-0.2, 0) is 16.1 Å². The first kappa shape index (κ1) is 23.0. The fourth-order valence-electron chi connectivity index (χ4n) is 3.34. The Balaban J connectivity index is 1.59. The van der Waals surface area contributed by atoms with Crippen LogP contribution in [0.15, 0.2) is 77.8 Å². The summed E-state index contributed by atoms with van der Waals surface area (Å²) in [6.07, 6.45) is 0.0400. The van der Waals surface area contributed by atoms with Crippen LogP contribution in [0.3, 0.4) is 0 Å². The second-order valence-electron chi connectivity index (χ2n) is 7.65. The average molecular weight is 482 g/mol. The summed E-state index contributed by atoms with van der Waals surface area (Å²) in [5.41, 5.74) is 3.07. The molecule has 0 bridgehead atoms. The normalized spacial score (nSPS) is 17.3. The van der Waals surface area contributed by atoms with Crippen molar-refractivity contribution in [3.05, 3.63) is 94.8 Å². The summed E-state index contributed by atoms with van der Waals surface area (Å²) in [7, 11) is 0. The van der Waals surface area contributed by atoms with Crippen LogP contribution < -0.4 is 5.32 Å². The fraction of sp³-hybridized carbons (Fsp3) is 0.160. The van der Waals surface area contributed by atoms with Gasteiger partial charge in [-0.15, -0.1) is 0 Å². The number of carbonyl (C=O) groups is 2. The van der Waals surface area contributed by atoms with Crippen LogP contribution in [0.25, 0.3) is 0 Å². The number of carbonyl (C=O) groups excluding carboxylic acids is 2. The van der Waals surface area contributed by atoms with Crippen molar-refractivity contribution in [3.63, 3.8) is 0 Å². The molecule has 2 amide bonds. The Kier molecular flexibility index (Phi) is 7.11. The van der Waals surface area contributed by atoms with Crippen molar-refractivity contribution in [2.75, 3.05) is 5.32 Å². The summed E-state index contributed by atoms with van der Waals surface area (Å²) in [5, 5.41) is 3.24. The van der Waals surface area contributed by atoms with Crippen LogP contribution in [0.4, 0.5) is 15.8 Å². The predicted octanol–water partition coefficient (Wildman–Crippen LogP) is 5.95. The Morgan fingerprint density at radius 3 is 2.58 bits per heavy atom. The standard InChI is InChI=1S/C25H21ClFN3O2S/c1-16-3-2-4-21(13-16)28-24(32)22-14-23(31)30(15-17-5-7-18(26)8-6-17)25(33-22)29-20-11-9-19(27)10-12-20/h2-13,22H,14-15H2,1H3,(H,28,32)/t22-/m0/s1. The number of aryl methyl sites for hydroxylation is 1. The highest BCUT2D eigenvalue weighted by molar-refractivity contribution is 8.15. The van der Waals surface area contributed by atoms with Gasteiger partial charge in [-0.05, 0) is 66.6 Å². The van der Waals surface area contributed by atoms with Gasteiger partial charge < -0.3 is 5.32 Å². The van der Waals surface area contributed by atoms with Gasteiger partial charge in [0.15, 0.2) is 5.17 Å². The number of aliphatic imine (C=N–C) groups is 1. The van der Waals surface area contributed by atoms with Gasteiger partial charge in [-0.3, -0.25) is 14.5 Å². The largest absolute Gasteiger partial charge is 0.325 e. The van der Waals surface area contributed by atoms with Crippen LogP contribution in [0.2, 0.25) is 5.02 Å². The van der Waals surface area contributed by atoms with Gasteiger partial charge in [-0.1, -0.05) is 47.6 Å². The Bertz CT molecular complexity index is 1200. The number of amides is 2. The highest BCUT2D eigenvalue weighted by atomic mass is 35.5. The minimum atomic E-state index is -0.640. The highest BCUT2D eigenvalue weighted by Gasteiger charge is 2.36. The molecular weight excluding hydrogens is 461 g/mol. The lowest BCUT2D eigenvalue weighted by Crippen LogP contribution is -2.44. The molecule has 3 aromatic carbocycles. The molecule has 0 aliphatic carbocycles. The molecular formula is C25H21ClFN3O2S. The second-order valence-corrected chi connectivity index (χ2v) is 9.25. The summed E-state index contributed by atoms with van der Waals surface area (Å²) in [4.78, 5) is 32.2. The molecule has 1 atom stereocenters. The van der Waals surface area contributed by atoms with E-state index in [0.717, 1.165) is 11.1 Å². The van der Waals surface area contributed by atoms with Crippen LogP contribution >= 0.6 is 23.4 Å². The average Bonchev–Trinajstić information content (AvgIpc) is 2.78. The van der Waals surface area contributed by atoms with E-state index in [1.807, 2.05) is 37.3 Å². The van der Waals surface area contributed by atoms with E-state index in [4.69, 9.17) is 11.6 Å². The molecule has 168 valence electrons. The number of hydrogen-bond donors (Lipinski definition) is 1. The van der Waals surface area contributed by atoms with Crippen molar-refractivity contribution in [2.24, 2.45) is 4.99 Å². The molecule has 1 aliphatic rings. The van der Waals surface area contributed by atoms with E-state index in [-0.39, 0.29) is 30.6 Å². The van der Waals surface area contributed by atoms with E-state index in [0.29, 0.717) is 21.6 Å². The lowest BCUT2D eigenvalue weighted by Gasteiger charge is -2.32. The molecule has 0 radical (unpaired) electrons. The maximum Gasteiger partial charge on any atom is 0.238 e. The van der Waals surface area contributed by atoms with Gasteiger partial charge in [0.1, 0.15) is 11.1 Å². The summed E-state index contributed by atoms with van der Waals surface area (Å²) < 4.78 is 13.3. The summed E-state index contributed by atoms with van der Waals surface area (Å²) in [5.74, 6) is -0.856. The molecule has 3 aromatic rings. The van der Waals surface area contributed by atoms with Crippen molar-refractivity contribution >= 4 is 51.7 Å². The molecule has 1 N–H and O–H groups in total. The van der Waals surface area contributed by atoms with E-state index in [1.54, 1.807) is 23.1 Å². The Labute approximate surface area is 200 Å². The van der Waals surface area contributed by atoms with E-state index in [1.165, 1.54) is 36.0 Å². The smallest absolute Gasteiger partial charge is 0.238 e. The van der Waals surface area contributed by atoms with Gasteiger partial charge in [0.25, 0.3) is 0 Å². The SMILES string of the molecule is Cc1cccc(NC(=O)[C@@H]2CC(=O)N(Cc3ccc(Cl)cc3)C(=Nc3ccc(F)cc3)S2)c1. The lowest BCUT2D eigenvalue weighted by atomic mass is 10.2. The zero-order valence-electron chi connectivity index (χ0n) is 17.8. The van der Waals surface area contributed by atoms with Crippen LogP contribution in [0.5, 0.6) is 0 Å². The fourth-order valence-corrected chi connectivity index (χ4v) is 4.56. The summed E-state index contributed by atoms with van der Waals surface area (Å²) in [6, 6.07) is 20.3. The molecule has 1 saturated heterocycles. The Morgan fingerprint density at radius 2 is 1.88 bits per heavy atom. The van der Waals surface area contributed by atoms with E-state index in [2.05, 4.69) is 10.3 Å². The molecule has 0 spiro atoms. The second kappa shape index (κ2) is 10.2. The maximum absolute atomic E-state index is 13.3. The minimum Gasteiger partial charge on any atom is -0.325 e. The van der Waals surface area contributed by atoms with E-state index < -0.39 is 5.25 Å². The van der Waals surface area contributed by atoms with Crippen molar-refractivity contribution in [1.82, 2.24) is 4.90 Å². The molecule has 33 heavy (non-hydrogen) atoms. The molecule has 4 rings (SSSR count). The van der Waals surface area contributed by atoms with E-state index in [9.17, 15) is 14.0 Å². The third-order valence-electron chi connectivity index (χ3n) is 5.02. The monoisotopic (exact) mass is 481 g/mol. The van der Waals surface area contributed by atoms with Crippen molar-refractivity contribution in [3.8, 4) is 0 Å². The van der Waals surface area contributed by atoms with E-state index >= 15 is 0 Å². The number of anilines is 1. The van der Waals surface area contributed by atoms with Crippen molar-refractivity contribution < 1.29 is 14.0 Å². The third kappa shape index (κ3) is 6.00. The molecule has 0 aromatic heterocycles. The number of amidine groups is 1. The molecule has 5 nitrogen and oxygen atoms in total. The number of rotatable bonds is 5. The first-order chi connectivity index (χ1) is 15.9. The zero-order valence-corrected chi connectivity index (χ0v) is 19.4. The highest BCUT2D eigenvalue weighted by Crippen LogP contribution is 2.31. The number of halogens is 2. The molecule has 1 fully saturated rings. The van der Waals surface area contributed by atoms with Gasteiger partial charge in [-0.25, -0.2) is 9.38 Å². The zero-order chi connectivity index (χ0) is 23.4. The Morgan fingerprint density at radius 1 is 1.15 bits per heavy atom. The number of thioether (sulfide) groups is 1. The Hall–Kier alpha value is -3.16. The summed E-state index contributed by atoms with van der Waals surface area (Å²) >= 11 is 7.20. The lowest BCUT2D eigenvalue weighted by molar-refractivity contribution is -0.129. The molecule has 0 saturated carbocycles. The topological polar surface area (TPSA) is 61.8 Å². The summed E-state index contributed by atoms with van der Waals surface area (Å²) in [6.45, 7) is 2.23. The van der Waals surface area contributed by atoms with Crippen LogP contribution in [0.1, 0.15) is 17.5 Å². The predicted molar refractivity (Wildman–Crippen MR) is 131 cm³/mol. The molecule has 1 heterocycles. The van der Waals surface area contributed by atoms with Crippen LogP contribution in [-0.4, -0.2) is 27.1 Å². The quantitative estimate of drug-likeness (QED) is 0.490.